The molecule has 0 radical (unpaired) electrons. The number of amides is 1. The Bertz CT molecular complexity index is 343. The highest BCUT2D eigenvalue weighted by Crippen LogP contribution is 2.08. The van der Waals surface area contributed by atoms with E-state index < -0.39 is 6.09 Å². The van der Waals surface area contributed by atoms with E-state index in [1.165, 1.54) is 0 Å². The van der Waals surface area contributed by atoms with Gasteiger partial charge in [-0.2, -0.15) is 0 Å². The molecule has 0 saturated carbocycles. The number of ether oxygens (including phenoxy) is 1. The standard InChI is InChI=1S/C11H13NO3/c1-8(2)15-11(14)12-10-5-3-9(7-13)4-6-10/h3-8H,1-2H3,(H,12,14). The predicted octanol–water partition coefficient (Wildman–Crippen LogP) is 2.46. The second-order valence-electron chi connectivity index (χ2n) is 3.32. The number of nitrogens with one attached hydrogen (secondary N) is 1. The molecule has 0 fully saturated rings. The van der Waals surface area contributed by atoms with Crippen molar-refractivity contribution in [1.29, 1.82) is 0 Å². The molecule has 0 spiro atoms. The van der Waals surface area contributed by atoms with Gasteiger partial charge in [-0.1, -0.05) is 0 Å². The number of hydrogen-bond acceptors (Lipinski definition) is 3. The lowest BCUT2D eigenvalue weighted by Gasteiger charge is -2.09. The highest BCUT2D eigenvalue weighted by atomic mass is 16.6. The molecule has 0 aliphatic heterocycles. The Balaban J connectivity index is 2.57. The minimum absolute atomic E-state index is 0.153. The Hall–Kier alpha value is -1.84. The zero-order chi connectivity index (χ0) is 11.3. The molecule has 0 heterocycles. The van der Waals surface area contributed by atoms with Crippen LogP contribution >= 0.6 is 0 Å². The summed E-state index contributed by atoms with van der Waals surface area (Å²) in [6.07, 6.45) is 0.0963. The van der Waals surface area contributed by atoms with Crippen LogP contribution in [0.2, 0.25) is 0 Å². The molecule has 1 aromatic carbocycles. The maximum Gasteiger partial charge on any atom is 0.411 e. The van der Waals surface area contributed by atoms with Crippen molar-refractivity contribution in [3.05, 3.63) is 29.8 Å². The van der Waals surface area contributed by atoms with Gasteiger partial charge in [0.15, 0.2) is 0 Å². The second-order valence-corrected chi connectivity index (χ2v) is 3.32. The zero-order valence-corrected chi connectivity index (χ0v) is 8.69. The molecule has 0 saturated heterocycles. The van der Waals surface area contributed by atoms with Crippen LogP contribution in [0.5, 0.6) is 0 Å². The second kappa shape index (κ2) is 5.14. The molecule has 0 atom stereocenters. The first-order chi connectivity index (χ1) is 7.11. The van der Waals surface area contributed by atoms with Crippen LogP contribution in [0.15, 0.2) is 24.3 Å². The van der Waals surface area contributed by atoms with Crippen molar-refractivity contribution in [2.45, 2.75) is 20.0 Å². The zero-order valence-electron chi connectivity index (χ0n) is 8.69. The summed E-state index contributed by atoms with van der Waals surface area (Å²) in [5, 5.41) is 2.55. The molecule has 1 rings (SSSR count). The minimum Gasteiger partial charge on any atom is -0.447 e. The number of anilines is 1. The number of carbonyl (C=O) groups excluding carboxylic acids is 2. The van der Waals surface area contributed by atoms with Crippen molar-refractivity contribution in [3.63, 3.8) is 0 Å². The van der Waals surface area contributed by atoms with Crippen LogP contribution in [0.1, 0.15) is 24.2 Å². The smallest absolute Gasteiger partial charge is 0.411 e. The number of rotatable bonds is 3. The molecule has 0 bridgehead atoms. The average molecular weight is 207 g/mol. The van der Waals surface area contributed by atoms with E-state index in [4.69, 9.17) is 4.74 Å². The van der Waals surface area contributed by atoms with Gasteiger partial charge in [0.25, 0.3) is 0 Å². The lowest BCUT2D eigenvalue weighted by Crippen LogP contribution is -2.17. The van der Waals surface area contributed by atoms with Crippen LogP contribution < -0.4 is 5.32 Å². The number of hydrogen-bond donors (Lipinski definition) is 1. The summed E-state index contributed by atoms with van der Waals surface area (Å²) in [5.41, 5.74) is 1.17. The first kappa shape index (κ1) is 11.2. The van der Waals surface area contributed by atoms with Crippen molar-refractivity contribution in [2.75, 3.05) is 5.32 Å². The summed E-state index contributed by atoms with van der Waals surface area (Å²) in [5.74, 6) is 0. The average Bonchev–Trinajstić information content (AvgIpc) is 2.17. The minimum atomic E-state index is -0.496. The molecule has 0 aliphatic rings. The lowest BCUT2D eigenvalue weighted by atomic mass is 10.2. The normalized spacial score (nSPS) is 9.80. The van der Waals surface area contributed by atoms with Crippen molar-refractivity contribution in [2.24, 2.45) is 0 Å². The van der Waals surface area contributed by atoms with E-state index in [1.54, 1.807) is 38.1 Å². The van der Waals surface area contributed by atoms with Crippen molar-refractivity contribution in [1.82, 2.24) is 0 Å². The van der Waals surface area contributed by atoms with Crippen LogP contribution in [0.3, 0.4) is 0 Å². The van der Waals surface area contributed by atoms with Gasteiger partial charge in [0, 0.05) is 11.3 Å². The van der Waals surface area contributed by atoms with E-state index in [0.717, 1.165) is 6.29 Å². The molecule has 1 aromatic rings. The Morgan fingerprint density at radius 1 is 1.33 bits per heavy atom. The quantitative estimate of drug-likeness (QED) is 0.774. The Kier molecular flexibility index (Phi) is 3.85. The van der Waals surface area contributed by atoms with Gasteiger partial charge in [0.1, 0.15) is 6.29 Å². The molecule has 4 nitrogen and oxygen atoms in total. The van der Waals surface area contributed by atoms with Crippen molar-refractivity contribution < 1.29 is 14.3 Å². The van der Waals surface area contributed by atoms with Gasteiger partial charge in [-0.05, 0) is 38.1 Å². The van der Waals surface area contributed by atoms with Gasteiger partial charge >= 0.3 is 6.09 Å². The van der Waals surface area contributed by atoms with E-state index in [-0.39, 0.29) is 6.10 Å². The van der Waals surface area contributed by atoms with Gasteiger partial charge in [-0.3, -0.25) is 10.1 Å². The van der Waals surface area contributed by atoms with Crippen LogP contribution in [-0.2, 0) is 4.74 Å². The maximum absolute atomic E-state index is 11.2. The van der Waals surface area contributed by atoms with Crippen LogP contribution in [0.4, 0.5) is 10.5 Å². The topological polar surface area (TPSA) is 55.4 Å². The summed E-state index contributed by atoms with van der Waals surface area (Å²) in [6.45, 7) is 3.55. The molecule has 0 aliphatic carbocycles. The molecule has 0 aromatic heterocycles. The predicted molar refractivity (Wildman–Crippen MR) is 57.1 cm³/mol. The van der Waals surface area contributed by atoms with E-state index in [9.17, 15) is 9.59 Å². The third-order valence-corrected chi connectivity index (χ3v) is 1.64. The Morgan fingerprint density at radius 2 is 1.93 bits per heavy atom. The molecule has 0 unspecified atom stereocenters. The molecular weight excluding hydrogens is 194 g/mol. The molecular formula is C11H13NO3. The molecule has 1 amide bonds. The number of carbonyl (C=O) groups is 2. The van der Waals surface area contributed by atoms with Crippen LogP contribution in [0, 0.1) is 0 Å². The van der Waals surface area contributed by atoms with Gasteiger partial charge in [0.2, 0.25) is 0 Å². The van der Waals surface area contributed by atoms with Gasteiger partial charge < -0.3 is 4.74 Å². The summed E-state index contributed by atoms with van der Waals surface area (Å²) in [6, 6.07) is 6.53. The molecule has 80 valence electrons. The fourth-order valence-electron chi connectivity index (χ4n) is 1.01. The molecule has 4 heteroatoms. The monoisotopic (exact) mass is 207 g/mol. The fourth-order valence-corrected chi connectivity index (χ4v) is 1.01. The highest BCUT2D eigenvalue weighted by Gasteiger charge is 2.04. The Morgan fingerprint density at radius 3 is 2.40 bits per heavy atom. The highest BCUT2D eigenvalue weighted by molar-refractivity contribution is 5.85. The van der Waals surface area contributed by atoms with Crippen LogP contribution in [0.25, 0.3) is 0 Å². The molecule has 15 heavy (non-hydrogen) atoms. The van der Waals surface area contributed by atoms with E-state index in [0.29, 0.717) is 11.3 Å². The van der Waals surface area contributed by atoms with E-state index >= 15 is 0 Å². The third-order valence-electron chi connectivity index (χ3n) is 1.64. The summed E-state index contributed by atoms with van der Waals surface area (Å²) >= 11 is 0. The summed E-state index contributed by atoms with van der Waals surface area (Å²) in [4.78, 5) is 21.5. The van der Waals surface area contributed by atoms with Crippen LogP contribution in [-0.4, -0.2) is 18.5 Å². The first-order valence-electron chi connectivity index (χ1n) is 4.64. The van der Waals surface area contributed by atoms with Crippen molar-refractivity contribution in [3.8, 4) is 0 Å². The third kappa shape index (κ3) is 3.81. The van der Waals surface area contributed by atoms with Crippen molar-refractivity contribution >= 4 is 18.1 Å². The summed E-state index contributed by atoms with van der Waals surface area (Å²) < 4.78 is 4.89. The molecule has 1 N–H and O–H groups in total. The van der Waals surface area contributed by atoms with E-state index in [2.05, 4.69) is 5.32 Å². The van der Waals surface area contributed by atoms with Gasteiger partial charge in [-0.25, -0.2) is 4.79 Å². The SMILES string of the molecule is CC(C)OC(=O)Nc1ccc(C=O)cc1. The number of aldehydes is 1. The van der Waals surface area contributed by atoms with Gasteiger partial charge in [-0.15, -0.1) is 0 Å². The number of benzene rings is 1. The summed E-state index contributed by atoms with van der Waals surface area (Å²) in [7, 11) is 0. The van der Waals surface area contributed by atoms with E-state index in [1.807, 2.05) is 0 Å². The largest absolute Gasteiger partial charge is 0.447 e. The first-order valence-corrected chi connectivity index (χ1v) is 4.64. The maximum atomic E-state index is 11.2. The van der Waals surface area contributed by atoms with Gasteiger partial charge in [0.05, 0.1) is 6.10 Å². The Labute approximate surface area is 88.2 Å². The lowest BCUT2D eigenvalue weighted by molar-refractivity contribution is 0.112. The fraction of sp³-hybridized carbons (Fsp3) is 0.273.